The van der Waals surface area contributed by atoms with Crippen LogP contribution < -0.4 is 0 Å². The summed E-state index contributed by atoms with van der Waals surface area (Å²) in [5.74, 6) is 0.783. The van der Waals surface area contributed by atoms with E-state index in [0.717, 1.165) is 33.5 Å². The third-order valence-corrected chi connectivity index (χ3v) is 4.17. The summed E-state index contributed by atoms with van der Waals surface area (Å²) in [6.07, 6.45) is 1.66. The number of benzene rings is 3. The number of fused-ring (bicyclic) bond motifs is 1. The van der Waals surface area contributed by atoms with Gasteiger partial charge in [-0.3, -0.25) is 4.99 Å². The summed E-state index contributed by atoms with van der Waals surface area (Å²) < 4.78 is 5.88. The topological polar surface area (TPSA) is 58.6 Å². The molecule has 1 N–H and O–H groups in total. The second-order valence-corrected chi connectivity index (χ2v) is 6.36. The number of rotatable bonds is 3. The molecule has 0 saturated heterocycles. The van der Waals surface area contributed by atoms with Crippen LogP contribution in [0.3, 0.4) is 0 Å². The van der Waals surface area contributed by atoms with Gasteiger partial charge in [-0.25, -0.2) is 4.98 Å². The molecule has 1 heterocycles. The molecule has 0 atom stereocenters. The first kappa shape index (κ1) is 16.1. The predicted octanol–water partition coefficient (Wildman–Crippen LogP) is 5.57. The van der Waals surface area contributed by atoms with Crippen LogP contribution in [-0.2, 0) is 0 Å². The molecule has 0 unspecified atom stereocenters. The summed E-state index contributed by atoms with van der Waals surface area (Å²) >= 11 is 0. The highest BCUT2D eigenvalue weighted by Crippen LogP contribution is 2.28. The second kappa shape index (κ2) is 6.48. The Morgan fingerprint density at radius 1 is 0.962 bits per heavy atom. The van der Waals surface area contributed by atoms with E-state index in [4.69, 9.17) is 4.42 Å². The Labute approximate surface area is 151 Å². The Balaban J connectivity index is 1.67. The van der Waals surface area contributed by atoms with Crippen LogP contribution in [0.15, 0.2) is 70.1 Å². The van der Waals surface area contributed by atoms with Gasteiger partial charge in [-0.1, -0.05) is 23.8 Å². The average Bonchev–Trinajstić information content (AvgIpc) is 3.06. The SMILES string of the molecule is Cc1ccc(O)c(C=Nc2cccc(-c3nc4ccc(C)cc4o3)c2)c1. The minimum absolute atomic E-state index is 0.213. The minimum Gasteiger partial charge on any atom is -0.507 e. The van der Waals surface area contributed by atoms with Crippen LogP contribution in [0.1, 0.15) is 16.7 Å². The molecular formula is C22H18N2O2. The van der Waals surface area contributed by atoms with Gasteiger partial charge in [0.1, 0.15) is 11.3 Å². The maximum absolute atomic E-state index is 9.93. The summed E-state index contributed by atoms with van der Waals surface area (Å²) in [4.78, 5) is 9.03. The molecule has 0 bridgehead atoms. The van der Waals surface area contributed by atoms with Crippen molar-refractivity contribution >= 4 is 23.0 Å². The monoisotopic (exact) mass is 342 g/mol. The average molecular weight is 342 g/mol. The van der Waals surface area contributed by atoms with Gasteiger partial charge in [-0.15, -0.1) is 0 Å². The second-order valence-electron chi connectivity index (χ2n) is 6.36. The van der Waals surface area contributed by atoms with Crippen molar-refractivity contribution in [2.75, 3.05) is 0 Å². The van der Waals surface area contributed by atoms with Gasteiger partial charge in [0.2, 0.25) is 5.89 Å². The fourth-order valence-corrected chi connectivity index (χ4v) is 2.80. The van der Waals surface area contributed by atoms with E-state index in [9.17, 15) is 5.11 Å². The lowest BCUT2D eigenvalue weighted by atomic mass is 10.1. The van der Waals surface area contributed by atoms with Crippen molar-refractivity contribution in [1.29, 1.82) is 0 Å². The van der Waals surface area contributed by atoms with Crippen molar-refractivity contribution < 1.29 is 9.52 Å². The van der Waals surface area contributed by atoms with E-state index < -0.39 is 0 Å². The zero-order valence-corrected chi connectivity index (χ0v) is 14.6. The number of hydrogen-bond donors (Lipinski definition) is 1. The van der Waals surface area contributed by atoms with Crippen LogP contribution >= 0.6 is 0 Å². The molecule has 0 aliphatic heterocycles. The normalized spacial score (nSPS) is 11.5. The van der Waals surface area contributed by atoms with Crippen LogP contribution in [0.2, 0.25) is 0 Å². The number of hydrogen-bond acceptors (Lipinski definition) is 4. The number of aryl methyl sites for hydroxylation is 2. The molecule has 4 rings (SSSR count). The van der Waals surface area contributed by atoms with Gasteiger partial charge in [-0.05, 0) is 61.9 Å². The highest BCUT2D eigenvalue weighted by atomic mass is 16.3. The van der Waals surface area contributed by atoms with Crippen molar-refractivity contribution in [2.24, 2.45) is 4.99 Å². The molecular weight excluding hydrogens is 324 g/mol. The van der Waals surface area contributed by atoms with E-state index in [-0.39, 0.29) is 5.75 Å². The first-order valence-electron chi connectivity index (χ1n) is 8.40. The number of aliphatic imine (C=N–C) groups is 1. The van der Waals surface area contributed by atoms with Crippen molar-refractivity contribution in [3.63, 3.8) is 0 Å². The molecule has 0 spiro atoms. The molecule has 3 aromatic carbocycles. The van der Waals surface area contributed by atoms with Crippen molar-refractivity contribution in [3.8, 4) is 17.2 Å². The number of phenols is 1. The summed E-state index contributed by atoms with van der Waals surface area (Å²) in [5, 5.41) is 9.93. The highest BCUT2D eigenvalue weighted by Gasteiger charge is 2.08. The van der Waals surface area contributed by atoms with Crippen molar-refractivity contribution in [3.05, 3.63) is 77.4 Å². The quantitative estimate of drug-likeness (QED) is 0.495. The van der Waals surface area contributed by atoms with Crippen LogP contribution in [0.5, 0.6) is 5.75 Å². The number of oxazole rings is 1. The van der Waals surface area contributed by atoms with Crippen LogP contribution in [-0.4, -0.2) is 16.3 Å². The standard InChI is InChI=1S/C22H18N2O2/c1-14-7-9-20(25)17(10-14)13-23-18-5-3-4-16(12-18)22-24-19-8-6-15(2)11-21(19)26-22/h3-13,25H,1-2H3. The van der Waals surface area contributed by atoms with E-state index in [1.165, 1.54) is 0 Å². The van der Waals surface area contributed by atoms with Crippen LogP contribution in [0, 0.1) is 13.8 Å². The summed E-state index contributed by atoms with van der Waals surface area (Å²) in [5.41, 5.74) is 6.13. The smallest absolute Gasteiger partial charge is 0.227 e. The van der Waals surface area contributed by atoms with Crippen LogP contribution in [0.25, 0.3) is 22.6 Å². The van der Waals surface area contributed by atoms with Gasteiger partial charge >= 0.3 is 0 Å². The minimum atomic E-state index is 0.213. The Morgan fingerprint density at radius 2 is 1.77 bits per heavy atom. The number of aromatic hydroxyl groups is 1. The van der Waals surface area contributed by atoms with Gasteiger partial charge in [0.15, 0.2) is 5.58 Å². The third-order valence-electron chi connectivity index (χ3n) is 4.17. The van der Waals surface area contributed by atoms with E-state index in [2.05, 4.69) is 9.98 Å². The van der Waals surface area contributed by atoms with Gasteiger partial charge in [0, 0.05) is 17.3 Å². The van der Waals surface area contributed by atoms with E-state index in [0.29, 0.717) is 11.5 Å². The molecule has 0 fully saturated rings. The number of phenolic OH excluding ortho intramolecular Hbond substituents is 1. The van der Waals surface area contributed by atoms with Gasteiger partial charge in [0.05, 0.1) is 5.69 Å². The van der Waals surface area contributed by atoms with E-state index >= 15 is 0 Å². The fraction of sp³-hybridized carbons (Fsp3) is 0.0909. The maximum Gasteiger partial charge on any atom is 0.227 e. The lowest BCUT2D eigenvalue weighted by molar-refractivity contribution is 0.474. The Kier molecular flexibility index (Phi) is 4.01. The largest absolute Gasteiger partial charge is 0.507 e. The molecule has 0 aliphatic carbocycles. The summed E-state index contributed by atoms with van der Waals surface area (Å²) in [6.45, 7) is 4.00. The molecule has 26 heavy (non-hydrogen) atoms. The highest BCUT2D eigenvalue weighted by molar-refractivity contribution is 5.86. The third kappa shape index (κ3) is 3.22. The molecule has 0 amide bonds. The van der Waals surface area contributed by atoms with Crippen LogP contribution in [0.4, 0.5) is 5.69 Å². The predicted molar refractivity (Wildman–Crippen MR) is 104 cm³/mol. The molecule has 1 aromatic heterocycles. The molecule has 0 radical (unpaired) electrons. The zero-order valence-electron chi connectivity index (χ0n) is 14.6. The first-order valence-corrected chi connectivity index (χ1v) is 8.40. The van der Waals surface area contributed by atoms with Gasteiger partial charge < -0.3 is 9.52 Å². The van der Waals surface area contributed by atoms with Crippen molar-refractivity contribution in [2.45, 2.75) is 13.8 Å². The lowest BCUT2D eigenvalue weighted by Gasteiger charge is -2.01. The molecule has 4 nitrogen and oxygen atoms in total. The lowest BCUT2D eigenvalue weighted by Crippen LogP contribution is -1.84. The van der Waals surface area contributed by atoms with Crippen molar-refractivity contribution in [1.82, 2.24) is 4.98 Å². The first-order chi connectivity index (χ1) is 12.6. The van der Waals surface area contributed by atoms with E-state index in [1.54, 1.807) is 12.3 Å². The molecule has 4 aromatic rings. The number of aromatic nitrogens is 1. The zero-order chi connectivity index (χ0) is 18.1. The summed E-state index contributed by atoms with van der Waals surface area (Å²) in [7, 11) is 0. The summed E-state index contributed by atoms with van der Waals surface area (Å²) in [6, 6.07) is 19.1. The Bertz CT molecular complexity index is 1130. The van der Waals surface area contributed by atoms with Gasteiger partial charge in [-0.2, -0.15) is 0 Å². The molecule has 128 valence electrons. The number of nitrogens with zero attached hydrogens (tertiary/aromatic N) is 2. The molecule has 0 saturated carbocycles. The molecule has 0 aliphatic rings. The van der Waals surface area contributed by atoms with E-state index in [1.807, 2.05) is 68.4 Å². The Hall–Kier alpha value is -3.40. The molecule has 4 heteroatoms. The fourth-order valence-electron chi connectivity index (χ4n) is 2.80. The van der Waals surface area contributed by atoms with Gasteiger partial charge in [0.25, 0.3) is 0 Å². The Morgan fingerprint density at radius 3 is 2.65 bits per heavy atom. The maximum atomic E-state index is 9.93.